The lowest BCUT2D eigenvalue weighted by molar-refractivity contribution is -0.125. The van der Waals surface area contributed by atoms with Gasteiger partial charge in [-0.2, -0.15) is 10.2 Å². The lowest BCUT2D eigenvalue weighted by atomic mass is 10.1. The SMILES string of the molecule is CCn1ccc(C(C)NC(=O)C(C)Cn2nc(C)c(Br)c2C)n1. The second-order valence-electron chi connectivity index (χ2n) is 5.89. The van der Waals surface area contributed by atoms with Crippen molar-refractivity contribution in [2.75, 3.05) is 0 Å². The van der Waals surface area contributed by atoms with Crippen molar-refractivity contribution >= 4 is 21.8 Å². The molecule has 0 aliphatic carbocycles. The highest BCUT2D eigenvalue weighted by Crippen LogP contribution is 2.20. The number of hydrogen-bond acceptors (Lipinski definition) is 3. The lowest BCUT2D eigenvalue weighted by Crippen LogP contribution is -2.34. The predicted octanol–water partition coefficient (Wildman–Crippen LogP) is 2.99. The van der Waals surface area contributed by atoms with E-state index in [4.69, 9.17) is 0 Å². The number of rotatable bonds is 6. The van der Waals surface area contributed by atoms with Crippen molar-refractivity contribution in [1.82, 2.24) is 24.9 Å². The zero-order chi connectivity index (χ0) is 17.1. The van der Waals surface area contributed by atoms with Crippen LogP contribution in [0.1, 0.15) is 43.9 Å². The molecule has 0 radical (unpaired) electrons. The fourth-order valence-corrected chi connectivity index (χ4v) is 2.69. The van der Waals surface area contributed by atoms with Gasteiger partial charge in [0.15, 0.2) is 0 Å². The number of nitrogens with one attached hydrogen (secondary N) is 1. The van der Waals surface area contributed by atoms with Crippen molar-refractivity contribution in [2.45, 2.75) is 53.8 Å². The molecule has 7 heteroatoms. The van der Waals surface area contributed by atoms with Crippen LogP contribution in [-0.4, -0.2) is 25.5 Å². The highest BCUT2D eigenvalue weighted by Gasteiger charge is 2.20. The highest BCUT2D eigenvalue weighted by molar-refractivity contribution is 9.10. The molecule has 0 spiro atoms. The molecule has 1 N–H and O–H groups in total. The summed E-state index contributed by atoms with van der Waals surface area (Å²) in [5, 5.41) is 11.9. The Morgan fingerprint density at radius 2 is 2.04 bits per heavy atom. The van der Waals surface area contributed by atoms with Gasteiger partial charge in [-0.25, -0.2) is 0 Å². The Bertz CT molecular complexity index is 691. The minimum Gasteiger partial charge on any atom is -0.348 e. The van der Waals surface area contributed by atoms with Crippen LogP contribution in [0.15, 0.2) is 16.7 Å². The van der Waals surface area contributed by atoms with Gasteiger partial charge in [-0.3, -0.25) is 14.2 Å². The maximum atomic E-state index is 12.4. The van der Waals surface area contributed by atoms with Crippen LogP contribution in [0.3, 0.4) is 0 Å². The number of hydrogen-bond donors (Lipinski definition) is 1. The maximum absolute atomic E-state index is 12.4. The maximum Gasteiger partial charge on any atom is 0.225 e. The van der Waals surface area contributed by atoms with Crippen LogP contribution in [0.25, 0.3) is 0 Å². The van der Waals surface area contributed by atoms with Crippen LogP contribution in [0, 0.1) is 19.8 Å². The van der Waals surface area contributed by atoms with Gasteiger partial charge in [0, 0.05) is 18.4 Å². The summed E-state index contributed by atoms with van der Waals surface area (Å²) in [6, 6.07) is 1.84. The molecule has 2 rings (SSSR count). The Morgan fingerprint density at radius 3 is 2.57 bits per heavy atom. The van der Waals surface area contributed by atoms with E-state index < -0.39 is 0 Å². The molecular formula is C16H24BrN5O. The van der Waals surface area contributed by atoms with Crippen LogP contribution < -0.4 is 5.32 Å². The van der Waals surface area contributed by atoms with E-state index in [0.717, 1.165) is 28.1 Å². The van der Waals surface area contributed by atoms with Crippen LogP contribution in [0.2, 0.25) is 0 Å². The molecule has 1 amide bonds. The second-order valence-corrected chi connectivity index (χ2v) is 6.69. The molecule has 126 valence electrons. The van der Waals surface area contributed by atoms with E-state index in [9.17, 15) is 4.79 Å². The zero-order valence-corrected chi connectivity index (χ0v) is 15.9. The van der Waals surface area contributed by atoms with Crippen LogP contribution in [0.4, 0.5) is 0 Å². The van der Waals surface area contributed by atoms with Gasteiger partial charge in [-0.15, -0.1) is 0 Å². The highest BCUT2D eigenvalue weighted by atomic mass is 79.9. The molecule has 0 bridgehead atoms. The molecule has 23 heavy (non-hydrogen) atoms. The molecule has 0 aliphatic heterocycles. The van der Waals surface area contributed by atoms with E-state index >= 15 is 0 Å². The monoisotopic (exact) mass is 381 g/mol. The number of aromatic nitrogens is 4. The molecule has 0 aliphatic rings. The van der Waals surface area contributed by atoms with E-state index in [1.54, 1.807) is 0 Å². The molecular weight excluding hydrogens is 358 g/mol. The Morgan fingerprint density at radius 1 is 1.35 bits per heavy atom. The quantitative estimate of drug-likeness (QED) is 0.836. The Balaban J connectivity index is 1.97. The van der Waals surface area contributed by atoms with Crippen LogP contribution in [-0.2, 0) is 17.9 Å². The van der Waals surface area contributed by atoms with Gasteiger partial charge in [-0.1, -0.05) is 6.92 Å². The van der Waals surface area contributed by atoms with Crippen LogP contribution in [0.5, 0.6) is 0 Å². The molecule has 0 saturated carbocycles. The number of carbonyl (C=O) groups is 1. The molecule has 2 heterocycles. The van der Waals surface area contributed by atoms with Crippen molar-refractivity contribution in [3.8, 4) is 0 Å². The Labute approximate surface area is 145 Å². The molecule has 0 aromatic carbocycles. The van der Waals surface area contributed by atoms with E-state index in [-0.39, 0.29) is 17.9 Å². The first-order chi connectivity index (χ1) is 10.8. The average Bonchev–Trinajstić information content (AvgIpc) is 3.09. The van der Waals surface area contributed by atoms with Gasteiger partial charge >= 0.3 is 0 Å². The summed E-state index contributed by atoms with van der Waals surface area (Å²) >= 11 is 3.51. The van der Waals surface area contributed by atoms with Crippen molar-refractivity contribution in [3.05, 3.63) is 33.8 Å². The van der Waals surface area contributed by atoms with E-state index in [0.29, 0.717) is 6.54 Å². The third-order valence-electron chi connectivity index (χ3n) is 3.98. The van der Waals surface area contributed by atoms with E-state index in [1.165, 1.54) is 0 Å². The Hall–Kier alpha value is -1.63. The fraction of sp³-hybridized carbons (Fsp3) is 0.562. The molecule has 2 aromatic heterocycles. The first-order valence-electron chi connectivity index (χ1n) is 7.86. The lowest BCUT2D eigenvalue weighted by Gasteiger charge is -2.17. The summed E-state index contributed by atoms with van der Waals surface area (Å²) in [4.78, 5) is 12.4. The third kappa shape index (κ3) is 4.02. The topological polar surface area (TPSA) is 64.7 Å². The van der Waals surface area contributed by atoms with Crippen molar-refractivity contribution in [2.24, 2.45) is 5.92 Å². The number of amides is 1. The summed E-state index contributed by atoms with van der Waals surface area (Å²) in [6.07, 6.45) is 1.93. The van der Waals surface area contributed by atoms with Gasteiger partial charge in [-0.05, 0) is 49.7 Å². The average molecular weight is 382 g/mol. The zero-order valence-electron chi connectivity index (χ0n) is 14.3. The summed E-state index contributed by atoms with van der Waals surface area (Å²) < 4.78 is 4.73. The first-order valence-corrected chi connectivity index (χ1v) is 8.66. The summed E-state index contributed by atoms with van der Waals surface area (Å²) in [6.45, 7) is 11.2. The molecule has 0 saturated heterocycles. The minimum absolute atomic E-state index is 0.00669. The number of halogens is 1. The van der Waals surface area contributed by atoms with Crippen molar-refractivity contribution in [3.63, 3.8) is 0 Å². The van der Waals surface area contributed by atoms with Gasteiger partial charge in [0.25, 0.3) is 0 Å². The molecule has 2 unspecified atom stereocenters. The molecule has 0 fully saturated rings. The van der Waals surface area contributed by atoms with Gasteiger partial charge in [0.05, 0.1) is 34.4 Å². The minimum atomic E-state index is -0.171. The van der Waals surface area contributed by atoms with Gasteiger partial charge < -0.3 is 5.32 Å². The predicted molar refractivity (Wildman–Crippen MR) is 93.0 cm³/mol. The number of aryl methyl sites for hydroxylation is 2. The largest absolute Gasteiger partial charge is 0.348 e. The third-order valence-corrected chi connectivity index (χ3v) is 5.12. The van der Waals surface area contributed by atoms with Gasteiger partial charge in [0.2, 0.25) is 5.91 Å². The standard InChI is InChI=1S/C16H24BrN5O/c1-6-21-8-7-14(20-21)11(3)18-16(23)10(2)9-22-13(5)15(17)12(4)19-22/h7-8,10-11H,6,9H2,1-5H3,(H,18,23). The second kappa shape index (κ2) is 7.29. The van der Waals surface area contributed by atoms with E-state index in [2.05, 4.69) is 31.4 Å². The summed E-state index contributed by atoms with van der Waals surface area (Å²) in [5.74, 6) is -0.164. The summed E-state index contributed by atoms with van der Waals surface area (Å²) in [5.41, 5.74) is 2.85. The fourth-order valence-electron chi connectivity index (χ4n) is 2.41. The summed E-state index contributed by atoms with van der Waals surface area (Å²) in [7, 11) is 0. The normalized spacial score (nSPS) is 13.8. The van der Waals surface area contributed by atoms with E-state index in [1.807, 2.05) is 56.2 Å². The molecule has 6 nitrogen and oxygen atoms in total. The van der Waals surface area contributed by atoms with Gasteiger partial charge in [0.1, 0.15) is 0 Å². The number of nitrogens with zero attached hydrogens (tertiary/aromatic N) is 4. The molecule has 2 aromatic rings. The van der Waals surface area contributed by atoms with Crippen molar-refractivity contribution < 1.29 is 4.79 Å². The molecule has 2 atom stereocenters. The van der Waals surface area contributed by atoms with Crippen molar-refractivity contribution in [1.29, 1.82) is 0 Å². The Kier molecular flexibility index (Phi) is 5.62. The smallest absolute Gasteiger partial charge is 0.225 e. The first kappa shape index (κ1) is 17.7. The van der Waals surface area contributed by atoms with Crippen LogP contribution >= 0.6 is 15.9 Å². The number of carbonyl (C=O) groups excluding carboxylic acids is 1.